The smallest absolute Gasteiger partial charge is 0.329 e. The van der Waals surface area contributed by atoms with Crippen molar-refractivity contribution in [1.82, 2.24) is 10.2 Å². The minimum Gasteiger partial charge on any atom is -0.479 e. The molecule has 1 atom stereocenters. The Bertz CT molecular complexity index is 504. The fraction of sp³-hybridized carbons (Fsp3) is 0.500. The highest BCUT2D eigenvalue weighted by Gasteiger charge is 2.49. The molecule has 1 aliphatic heterocycles. The van der Waals surface area contributed by atoms with Gasteiger partial charge in [-0.3, -0.25) is 0 Å². The predicted octanol–water partition coefficient (Wildman–Crippen LogP) is 2.62. The summed E-state index contributed by atoms with van der Waals surface area (Å²) >= 11 is 0. The van der Waals surface area contributed by atoms with Crippen LogP contribution >= 0.6 is 0 Å². The molecule has 1 heterocycles. The fourth-order valence-electron chi connectivity index (χ4n) is 3.05. The molecule has 5 heteroatoms. The van der Waals surface area contributed by atoms with Crippen molar-refractivity contribution in [2.75, 3.05) is 6.54 Å². The van der Waals surface area contributed by atoms with E-state index in [4.69, 9.17) is 0 Å². The number of hydrogen-bond acceptors (Lipinski definition) is 2. The SMILES string of the molecule is CCCC1(C(=O)O)CCCN1C(=O)NCc1ccccc1. The van der Waals surface area contributed by atoms with Gasteiger partial charge in [-0.15, -0.1) is 0 Å². The number of carbonyl (C=O) groups is 2. The third-order valence-electron chi connectivity index (χ3n) is 4.08. The lowest BCUT2D eigenvalue weighted by Gasteiger charge is -2.34. The Balaban J connectivity index is 2.05. The first-order valence-electron chi connectivity index (χ1n) is 7.43. The quantitative estimate of drug-likeness (QED) is 0.875. The van der Waals surface area contributed by atoms with Crippen LogP contribution in [0.15, 0.2) is 30.3 Å². The molecular weight excluding hydrogens is 268 g/mol. The molecule has 1 aromatic rings. The van der Waals surface area contributed by atoms with Gasteiger partial charge in [0.05, 0.1) is 0 Å². The molecule has 2 N–H and O–H groups in total. The topological polar surface area (TPSA) is 69.6 Å². The number of nitrogens with zero attached hydrogens (tertiary/aromatic N) is 1. The van der Waals surface area contributed by atoms with Gasteiger partial charge >= 0.3 is 12.0 Å². The van der Waals surface area contributed by atoms with Crippen LogP contribution in [0.4, 0.5) is 4.79 Å². The van der Waals surface area contributed by atoms with Crippen molar-refractivity contribution in [3.05, 3.63) is 35.9 Å². The Morgan fingerprint density at radius 3 is 2.67 bits per heavy atom. The number of carbonyl (C=O) groups excluding carboxylic acids is 1. The van der Waals surface area contributed by atoms with Crippen LogP contribution in [0.5, 0.6) is 0 Å². The van der Waals surface area contributed by atoms with E-state index in [0.717, 1.165) is 18.4 Å². The molecule has 0 saturated carbocycles. The van der Waals surface area contributed by atoms with E-state index < -0.39 is 11.5 Å². The minimum absolute atomic E-state index is 0.285. The van der Waals surface area contributed by atoms with E-state index in [2.05, 4.69) is 5.32 Å². The number of rotatable bonds is 5. The zero-order chi connectivity index (χ0) is 15.3. The van der Waals surface area contributed by atoms with E-state index in [-0.39, 0.29) is 6.03 Å². The Morgan fingerprint density at radius 2 is 2.05 bits per heavy atom. The molecule has 2 rings (SSSR count). The lowest BCUT2D eigenvalue weighted by atomic mass is 9.91. The second kappa shape index (κ2) is 6.61. The van der Waals surface area contributed by atoms with Crippen LogP contribution < -0.4 is 5.32 Å². The summed E-state index contributed by atoms with van der Waals surface area (Å²) in [4.78, 5) is 25.5. The van der Waals surface area contributed by atoms with Gasteiger partial charge < -0.3 is 15.3 Å². The summed E-state index contributed by atoms with van der Waals surface area (Å²) < 4.78 is 0. The number of urea groups is 1. The maximum absolute atomic E-state index is 12.4. The monoisotopic (exact) mass is 290 g/mol. The Hall–Kier alpha value is -2.04. The summed E-state index contributed by atoms with van der Waals surface area (Å²) in [6.07, 6.45) is 2.52. The van der Waals surface area contributed by atoms with Gasteiger partial charge in [-0.2, -0.15) is 0 Å². The van der Waals surface area contributed by atoms with Crippen molar-refractivity contribution in [2.45, 2.75) is 44.7 Å². The zero-order valence-electron chi connectivity index (χ0n) is 12.3. The van der Waals surface area contributed by atoms with Crippen LogP contribution in [-0.4, -0.2) is 34.1 Å². The molecule has 0 aliphatic carbocycles. The van der Waals surface area contributed by atoms with Crippen molar-refractivity contribution >= 4 is 12.0 Å². The molecular formula is C16H22N2O3. The summed E-state index contributed by atoms with van der Waals surface area (Å²) in [5.41, 5.74) is -0.0309. The first-order chi connectivity index (χ1) is 10.1. The zero-order valence-corrected chi connectivity index (χ0v) is 12.3. The fourth-order valence-corrected chi connectivity index (χ4v) is 3.05. The molecule has 0 bridgehead atoms. The van der Waals surface area contributed by atoms with Crippen LogP contribution in [0.25, 0.3) is 0 Å². The van der Waals surface area contributed by atoms with Crippen LogP contribution in [-0.2, 0) is 11.3 Å². The third kappa shape index (κ3) is 3.17. The molecule has 1 saturated heterocycles. The molecule has 0 spiro atoms. The number of carboxylic acids is 1. The number of nitrogens with one attached hydrogen (secondary N) is 1. The van der Waals surface area contributed by atoms with Gasteiger partial charge in [-0.05, 0) is 24.8 Å². The average molecular weight is 290 g/mol. The van der Waals surface area contributed by atoms with Gasteiger partial charge in [0.1, 0.15) is 5.54 Å². The first kappa shape index (κ1) is 15.4. The maximum Gasteiger partial charge on any atom is 0.329 e. The van der Waals surface area contributed by atoms with Gasteiger partial charge in [-0.1, -0.05) is 43.7 Å². The number of likely N-dealkylation sites (tertiary alicyclic amines) is 1. The number of benzene rings is 1. The molecule has 2 amide bonds. The Kier molecular flexibility index (Phi) is 4.83. The van der Waals surface area contributed by atoms with Crippen molar-refractivity contribution in [3.8, 4) is 0 Å². The lowest BCUT2D eigenvalue weighted by molar-refractivity contribution is -0.148. The van der Waals surface area contributed by atoms with Gasteiger partial charge in [0.25, 0.3) is 0 Å². The largest absolute Gasteiger partial charge is 0.479 e. The number of aliphatic carboxylic acids is 1. The van der Waals surface area contributed by atoms with E-state index in [1.807, 2.05) is 37.3 Å². The van der Waals surface area contributed by atoms with Crippen molar-refractivity contribution in [2.24, 2.45) is 0 Å². The van der Waals surface area contributed by atoms with Crippen molar-refractivity contribution in [3.63, 3.8) is 0 Å². The molecule has 1 aromatic carbocycles. The van der Waals surface area contributed by atoms with Gasteiger partial charge in [0.15, 0.2) is 0 Å². The van der Waals surface area contributed by atoms with Crippen LogP contribution in [0.3, 0.4) is 0 Å². The minimum atomic E-state index is -1.03. The van der Waals surface area contributed by atoms with E-state index in [9.17, 15) is 14.7 Å². The van der Waals surface area contributed by atoms with E-state index in [1.165, 1.54) is 4.90 Å². The van der Waals surface area contributed by atoms with Crippen LogP contribution in [0.1, 0.15) is 38.2 Å². The molecule has 1 fully saturated rings. The van der Waals surface area contributed by atoms with Gasteiger partial charge in [0, 0.05) is 13.1 Å². The van der Waals surface area contributed by atoms with Crippen molar-refractivity contribution in [1.29, 1.82) is 0 Å². The summed E-state index contributed by atoms with van der Waals surface area (Å²) in [6.45, 7) is 2.87. The third-order valence-corrected chi connectivity index (χ3v) is 4.08. The van der Waals surface area contributed by atoms with Crippen LogP contribution in [0.2, 0.25) is 0 Å². The second-order valence-electron chi connectivity index (χ2n) is 5.49. The highest BCUT2D eigenvalue weighted by molar-refractivity contribution is 5.87. The highest BCUT2D eigenvalue weighted by Crippen LogP contribution is 2.34. The molecule has 0 radical (unpaired) electrons. The highest BCUT2D eigenvalue weighted by atomic mass is 16.4. The molecule has 5 nitrogen and oxygen atoms in total. The lowest BCUT2D eigenvalue weighted by Crippen LogP contribution is -2.55. The van der Waals surface area contributed by atoms with Gasteiger partial charge in [0.2, 0.25) is 0 Å². The molecule has 1 unspecified atom stereocenters. The van der Waals surface area contributed by atoms with E-state index >= 15 is 0 Å². The van der Waals surface area contributed by atoms with Crippen LogP contribution in [0, 0.1) is 0 Å². The maximum atomic E-state index is 12.4. The number of hydrogen-bond donors (Lipinski definition) is 2. The average Bonchev–Trinajstić information content (AvgIpc) is 2.91. The molecule has 0 aromatic heterocycles. The summed E-state index contributed by atoms with van der Waals surface area (Å²) in [6, 6.07) is 9.32. The van der Waals surface area contributed by atoms with Gasteiger partial charge in [-0.25, -0.2) is 9.59 Å². The molecule has 114 valence electrons. The first-order valence-corrected chi connectivity index (χ1v) is 7.43. The number of carboxylic acid groups (broad SMARTS) is 1. The number of amides is 2. The Morgan fingerprint density at radius 1 is 1.33 bits per heavy atom. The second-order valence-corrected chi connectivity index (χ2v) is 5.49. The van der Waals surface area contributed by atoms with E-state index in [0.29, 0.717) is 25.9 Å². The van der Waals surface area contributed by atoms with Crippen molar-refractivity contribution < 1.29 is 14.7 Å². The van der Waals surface area contributed by atoms with E-state index in [1.54, 1.807) is 0 Å². The summed E-state index contributed by atoms with van der Waals surface area (Å²) in [7, 11) is 0. The molecule has 1 aliphatic rings. The normalized spacial score (nSPS) is 21.3. The molecule has 21 heavy (non-hydrogen) atoms. The Labute approximate surface area is 125 Å². The summed E-state index contributed by atoms with van der Waals surface area (Å²) in [5, 5.41) is 12.4. The standard InChI is InChI=1S/C16H22N2O3/c1-2-9-16(14(19)20)10-6-11-18(16)15(21)17-12-13-7-4-3-5-8-13/h3-5,7-8H,2,6,9-12H2,1H3,(H,17,21)(H,19,20). The predicted molar refractivity (Wildman–Crippen MR) is 79.9 cm³/mol. The summed E-state index contributed by atoms with van der Waals surface area (Å²) in [5.74, 6) is -0.892.